The van der Waals surface area contributed by atoms with Gasteiger partial charge in [-0.1, -0.05) is 0 Å². The highest BCUT2D eigenvalue weighted by molar-refractivity contribution is 5.76. The van der Waals surface area contributed by atoms with Crippen molar-refractivity contribution in [1.29, 1.82) is 0 Å². The van der Waals surface area contributed by atoms with Crippen LogP contribution in [-0.2, 0) is 4.94 Å². The molecule has 0 radical (unpaired) electrons. The normalized spacial score (nSPS) is 11.3. The van der Waals surface area contributed by atoms with Gasteiger partial charge in [-0.05, 0) is 12.1 Å². The fourth-order valence-corrected chi connectivity index (χ4v) is 0.0831. The van der Waals surface area contributed by atoms with Gasteiger partial charge in [0, 0.05) is 0 Å². The van der Waals surface area contributed by atoms with Gasteiger partial charge in [-0.15, -0.1) is 5.90 Å². The maximum atomic E-state index is 4.95. The maximum Gasteiger partial charge on any atom is 0.138 e. The first kappa shape index (κ1) is 5.23. The van der Waals surface area contributed by atoms with E-state index in [4.69, 9.17) is 5.73 Å². The number of rotatable bonds is 1. The van der Waals surface area contributed by atoms with Gasteiger partial charge in [-0.3, -0.25) is 0 Å². The highest BCUT2D eigenvalue weighted by atomic mass is 16.7. The number of amidine groups is 1. The van der Waals surface area contributed by atoms with E-state index in [9.17, 15) is 0 Å². The van der Waals surface area contributed by atoms with Gasteiger partial charge in [-0.25, -0.2) is 0 Å². The molecule has 4 heteroatoms. The topological polar surface area (TPSA) is 73.6 Å². The Hall–Kier alpha value is -0.770. The Balaban J connectivity index is 3.14. The van der Waals surface area contributed by atoms with Gasteiger partial charge >= 0.3 is 0 Å². The van der Waals surface area contributed by atoms with Gasteiger partial charge in [0.25, 0.3) is 0 Å². The zero-order valence-corrected chi connectivity index (χ0v) is 3.51. The monoisotopic (exact) mass is 89.1 g/mol. The molecule has 0 aliphatic heterocycles. The van der Waals surface area contributed by atoms with E-state index in [1.165, 1.54) is 0 Å². The number of oxime groups is 1. The number of nitrogens with two attached hydrogens (primary N) is 2. The molecule has 36 valence electrons. The van der Waals surface area contributed by atoms with Crippen LogP contribution in [-0.4, -0.2) is 5.84 Å². The molecule has 0 unspecified atom stereocenters. The van der Waals surface area contributed by atoms with E-state index >= 15 is 0 Å². The Labute approximate surface area is 35.7 Å². The number of nitrogens with zero attached hydrogens (tertiary/aromatic N) is 1. The van der Waals surface area contributed by atoms with Crippen molar-refractivity contribution < 1.29 is 4.94 Å². The Morgan fingerprint density at radius 3 is 2.33 bits per heavy atom. The molecular formula is C2H7N3O. The zero-order valence-electron chi connectivity index (χ0n) is 3.51. The smallest absolute Gasteiger partial charge is 0.138 e. The Kier molecular flexibility index (Phi) is 2.15. The summed E-state index contributed by atoms with van der Waals surface area (Å²) in [5, 5.41) is 3.10. The van der Waals surface area contributed by atoms with Crippen LogP contribution in [0.5, 0.6) is 0 Å². The van der Waals surface area contributed by atoms with Gasteiger partial charge in [0.15, 0.2) is 0 Å². The van der Waals surface area contributed by atoms with Crippen LogP contribution in [0, 0.1) is 0 Å². The molecule has 0 saturated carbocycles. The molecular weight excluding hydrogens is 82.0 g/mol. The summed E-state index contributed by atoms with van der Waals surface area (Å²) in [6.45, 7) is 1.58. The summed E-state index contributed by atoms with van der Waals surface area (Å²) in [4.78, 5) is 3.77. The summed E-state index contributed by atoms with van der Waals surface area (Å²) in [6.07, 6.45) is 0. The minimum atomic E-state index is 0.317. The van der Waals surface area contributed by atoms with Crippen molar-refractivity contribution in [2.24, 2.45) is 16.8 Å². The van der Waals surface area contributed by atoms with E-state index in [0.29, 0.717) is 5.84 Å². The molecule has 4 nitrogen and oxygen atoms in total. The zero-order chi connectivity index (χ0) is 4.99. The van der Waals surface area contributed by atoms with Crippen LogP contribution in [0.4, 0.5) is 0 Å². The van der Waals surface area contributed by atoms with Crippen molar-refractivity contribution >= 4 is 5.84 Å². The lowest BCUT2D eigenvalue weighted by molar-refractivity contribution is 0.148. The number of hydrogen-bond donors (Lipinski definition) is 2. The average molecular weight is 89.1 g/mol. The third-order valence-electron chi connectivity index (χ3n) is 0.197. The Morgan fingerprint density at radius 2 is 2.33 bits per heavy atom. The lowest BCUT2D eigenvalue weighted by atomic mass is 10.7. The van der Waals surface area contributed by atoms with Crippen molar-refractivity contribution in [1.82, 2.24) is 0 Å². The third kappa shape index (κ3) is 3.23. The molecule has 6 heavy (non-hydrogen) atoms. The average Bonchev–Trinajstić information content (AvgIpc) is 1.35. The highest BCUT2D eigenvalue weighted by Crippen LogP contribution is 1.60. The molecule has 0 atom stereocenters. The predicted molar refractivity (Wildman–Crippen MR) is 22.6 cm³/mol. The van der Waals surface area contributed by atoms with Crippen LogP contribution in [0.2, 0.25) is 0 Å². The van der Waals surface area contributed by atoms with Crippen LogP contribution < -0.4 is 11.6 Å². The van der Waals surface area contributed by atoms with E-state index in [0.717, 1.165) is 0 Å². The quantitative estimate of drug-likeness (QED) is 0.250. The summed E-state index contributed by atoms with van der Waals surface area (Å²) in [5.41, 5.74) is 4.95. The van der Waals surface area contributed by atoms with Crippen LogP contribution in [0.3, 0.4) is 0 Å². The van der Waals surface area contributed by atoms with Gasteiger partial charge in [0.05, 0.1) is 0 Å². The molecule has 4 N–H and O–H groups in total. The van der Waals surface area contributed by atoms with E-state index in [1.54, 1.807) is 6.92 Å². The van der Waals surface area contributed by atoms with Crippen molar-refractivity contribution in [3.05, 3.63) is 0 Å². The molecule has 0 aromatic rings. The molecule has 0 amide bonds. The van der Waals surface area contributed by atoms with Crippen LogP contribution >= 0.6 is 0 Å². The van der Waals surface area contributed by atoms with Crippen LogP contribution in [0.25, 0.3) is 0 Å². The molecule has 0 rings (SSSR count). The lowest BCUT2D eigenvalue weighted by Crippen LogP contribution is -2.07. The minimum absolute atomic E-state index is 0.317. The summed E-state index contributed by atoms with van der Waals surface area (Å²) in [7, 11) is 0. The third-order valence-corrected chi connectivity index (χ3v) is 0.197. The summed E-state index contributed by atoms with van der Waals surface area (Å²) >= 11 is 0. The molecule has 0 bridgehead atoms. The van der Waals surface area contributed by atoms with Gasteiger partial charge < -0.3 is 10.7 Å². The second-order valence-electron chi connectivity index (χ2n) is 0.838. The fraction of sp³-hybridized carbons (Fsp3) is 0.500. The van der Waals surface area contributed by atoms with Gasteiger partial charge in [0.2, 0.25) is 0 Å². The van der Waals surface area contributed by atoms with Crippen molar-refractivity contribution in [2.45, 2.75) is 6.92 Å². The standard InChI is InChI=1S/C2H7N3O/c1-2(3)5-6-4/h4H2,1H3,(H2,3,5). The molecule has 0 spiro atoms. The second kappa shape index (κ2) is 2.47. The molecule has 0 fully saturated rings. The largest absolute Gasteiger partial charge is 0.385 e. The fourth-order valence-electron chi connectivity index (χ4n) is 0.0831. The van der Waals surface area contributed by atoms with E-state index in [-0.39, 0.29) is 0 Å². The first-order chi connectivity index (χ1) is 2.77. The first-order valence-electron chi connectivity index (χ1n) is 1.43. The molecule has 0 aliphatic rings. The SMILES string of the molecule is C/C(N)=N/ON. The van der Waals surface area contributed by atoms with Crippen LogP contribution in [0.1, 0.15) is 6.92 Å². The second-order valence-corrected chi connectivity index (χ2v) is 0.838. The molecule has 0 aromatic heterocycles. The van der Waals surface area contributed by atoms with Crippen molar-refractivity contribution in [3.63, 3.8) is 0 Å². The van der Waals surface area contributed by atoms with E-state index < -0.39 is 0 Å². The molecule has 0 saturated heterocycles. The van der Waals surface area contributed by atoms with Crippen LogP contribution in [0.15, 0.2) is 5.16 Å². The predicted octanol–water partition coefficient (Wildman–Crippen LogP) is -0.831. The summed E-state index contributed by atoms with van der Waals surface area (Å²) in [5.74, 6) is 4.78. The molecule has 0 aromatic carbocycles. The van der Waals surface area contributed by atoms with Gasteiger partial charge in [-0.2, -0.15) is 0 Å². The molecule has 0 aliphatic carbocycles. The highest BCUT2D eigenvalue weighted by Gasteiger charge is 1.69. The lowest BCUT2D eigenvalue weighted by Gasteiger charge is -1.82. The number of hydrogen-bond acceptors (Lipinski definition) is 3. The maximum absolute atomic E-state index is 4.95. The summed E-state index contributed by atoms with van der Waals surface area (Å²) < 4.78 is 0. The minimum Gasteiger partial charge on any atom is -0.385 e. The Bertz CT molecular complexity index is 55.8. The van der Waals surface area contributed by atoms with E-state index in [1.807, 2.05) is 0 Å². The van der Waals surface area contributed by atoms with Gasteiger partial charge in [0.1, 0.15) is 5.84 Å². The van der Waals surface area contributed by atoms with E-state index in [2.05, 4.69) is 16.0 Å². The summed E-state index contributed by atoms with van der Waals surface area (Å²) in [6, 6.07) is 0. The van der Waals surface area contributed by atoms with Crippen molar-refractivity contribution in [2.75, 3.05) is 0 Å². The first-order valence-corrected chi connectivity index (χ1v) is 1.43. The Morgan fingerprint density at radius 1 is 1.83 bits per heavy atom. The molecule has 0 heterocycles. The van der Waals surface area contributed by atoms with Crippen molar-refractivity contribution in [3.8, 4) is 0 Å².